The van der Waals surface area contributed by atoms with Gasteiger partial charge in [-0.2, -0.15) is 5.10 Å². The van der Waals surface area contributed by atoms with Gasteiger partial charge < -0.3 is 9.64 Å². The molecule has 0 aliphatic heterocycles. The molecule has 0 fully saturated rings. The van der Waals surface area contributed by atoms with Crippen LogP contribution in [0.25, 0.3) is 0 Å². The molecule has 0 atom stereocenters. The number of hydrogen-bond acceptors (Lipinski definition) is 5. The number of nitrogens with zero attached hydrogens (tertiary/aromatic N) is 3. The normalized spacial score (nSPS) is 10.7. The van der Waals surface area contributed by atoms with Gasteiger partial charge in [0.1, 0.15) is 5.75 Å². The third-order valence-electron chi connectivity index (χ3n) is 4.99. The Balaban J connectivity index is 2.02. The fourth-order valence-electron chi connectivity index (χ4n) is 3.23. The molecular weight excluding hydrogens is 398 g/mol. The van der Waals surface area contributed by atoms with Crippen molar-refractivity contribution < 1.29 is 9.53 Å². The van der Waals surface area contributed by atoms with E-state index in [2.05, 4.69) is 25.3 Å². The van der Waals surface area contributed by atoms with Gasteiger partial charge in [-0.1, -0.05) is 43.0 Å². The molecule has 3 rings (SSSR count). The number of ether oxygens (including phenoxy) is 1. The van der Waals surface area contributed by atoms with Crippen molar-refractivity contribution in [2.24, 2.45) is 5.10 Å². The number of rotatable bonds is 9. The molecule has 3 aromatic carbocycles. The first-order chi connectivity index (χ1) is 15.5. The van der Waals surface area contributed by atoms with Gasteiger partial charge in [-0.05, 0) is 57.2 Å². The van der Waals surface area contributed by atoms with Crippen LogP contribution in [0.5, 0.6) is 5.75 Å². The molecule has 0 N–H and O–H groups in total. The van der Waals surface area contributed by atoms with Crippen molar-refractivity contribution in [2.75, 3.05) is 23.0 Å². The smallest absolute Gasteiger partial charge is 0.338 e. The fourth-order valence-corrected chi connectivity index (χ4v) is 3.23. The third-order valence-corrected chi connectivity index (χ3v) is 4.99. The average molecular weight is 428 g/mol. The largest absolute Gasteiger partial charge is 0.422 e. The summed E-state index contributed by atoms with van der Waals surface area (Å²) in [5.41, 5.74) is 3.88. The molecule has 32 heavy (non-hydrogen) atoms. The van der Waals surface area contributed by atoms with E-state index in [0.29, 0.717) is 16.9 Å². The van der Waals surface area contributed by atoms with Gasteiger partial charge in [-0.15, -0.1) is 0 Å². The number of para-hydroxylation sites is 2. The van der Waals surface area contributed by atoms with Crippen LogP contribution in [0.1, 0.15) is 26.3 Å². The maximum atomic E-state index is 12.3. The van der Waals surface area contributed by atoms with Gasteiger partial charge in [0.15, 0.2) is 0 Å². The molecule has 0 amide bonds. The van der Waals surface area contributed by atoms with Crippen molar-refractivity contribution >= 4 is 29.2 Å². The van der Waals surface area contributed by atoms with Crippen LogP contribution in [-0.4, -0.2) is 25.3 Å². The highest BCUT2D eigenvalue weighted by Crippen LogP contribution is 2.28. The SMILES string of the molecule is C=C(C)C(=O)Oc1cc(N(CC)CC)ccc1/C=N/N(c1ccccc1)c1ccccc1. The Morgan fingerprint density at radius 1 is 0.906 bits per heavy atom. The lowest BCUT2D eigenvalue weighted by Crippen LogP contribution is -2.22. The van der Waals surface area contributed by atoms with E-state index in [1.807, 2.05) is 83.9 Å². The zero-order chi connectivity index (χ0) is 22.9. The van der Waals surface area contributed by atoms with E-state index >= 15 is 0 Å². The molecule has 0 aliphatic carbocycles. The number of carbonyl (C=O) groups excluding carboxylic acids is 1. The molecular formula is C27H29N3O2. The molecule has 5 heteroatoms. The Kier molecular flexibility index (Phi) is 7.81. The lowest BCUT2D eigenvalue weighted by molar-refractivity contribution is -0.130. The highest BCUT2D eigenvalue weighted by molar-refractivity contribution is 5.92. The van der Waals surface area contributed by atoms with E-state index in [1.54, 1.807) is 13.1 Å². The number of hydrazone groups is 1. The Labute approximate surface area is 190 Å². The van der Waals surface area contributed by atoms with Gasteiger partial charge in [0.25, 0.3) is 0 Å². The third kappa shape index (κ3) is 5.64. The standard InChI is InChI=1S/C27H29N3O2/c1-5-29(6-2)25-18-17-22(26(19-25)32-27(31)21(3)4)20-28-30(23-13-9-7-10-14-23)24-15-11-8-12-16-24/h7-20H,3,5-6H2,1-2,4H3/b28-20+. The van der Waals surface area contributed by atoms with Crippen molar-refractivity contribution in [2.45, 2.75) is 20.8 Å². The summed E-state index contributed by atoms with van der Waals surface area (Å²) >= 11 is 0. The van der Waals surface area contributed by atoms with Crippen LogP contribution in [0.4, 0.5) is 17.1 Å². The van der Waals surface area contributed by atoms with E-state index in [4.69, 9.17) is 9.84 Å². The van der Waals surface area contributed by atoms with Gasteiger partial charge in [-0.3, -0.25) is 0 Å². The first kappa shape index (κ1) is 22.8. The average Bonchev–Trinajstić information content (AvgIpc) is 2.82. The Morgan fingerprint density at radius 2 is 1.47 bits per heavy atom. The lowest BCUT2D eigenvalue weighted by atomic mass is 10.1. The van der Waals surface area contributed by atoms with Crippen molar-refractivity contribution in [1.29, 1.82) is 0 Å². The van der Waals surface area contributed by atoms with Gasteiger partial charge in [-0.25, -0.2) is 9.80 Å². The molecule has 164 valence electrons. The Morgan fingerprint density at radius 3 is 1.97 bits per heavy atom. The number of anilines is 3. The molecule has 5 nitrogen and oxygen atoms in total. The van der Waals surface area contributed by atoms with E-state index < -0.39 is 5.97 Å². The summed E-state index contributed by atoms with van der Waals surface area (Å²) < 4.78 is 5.66. The number of hydrogen-bond donors (Lipinski definition) is 0. The molecule has 0 heterocycles. The molecule has 0 unspecified atom stereocenters. The van der Waals surface area contributed by atoms with Crippen LogP contribution in [0.15, 0.2) is 96.1 Å². The molecule has 0 saturated heterocycles. The second-order valence-electron chi connectivity index (χ2n) is 7.29. The first-order valence-corrected chi connectivity index (χ1v) is 10.7. The van der Waals surface area contributed by atoms with E-state index in [0.717, 1.165) is 30.2 Å². The molecule has 0 radical (unpaired) electrons. The monoisotopic (exact) mass is 427 g/mol. The molecule has 0 spiro atoms. The summed E-state index contributed by atoms with van der Waals surface area (Å²) in [7, 11) is 0. The molecule has 0 aliphatic rings. The van der Waals surface area contributed by atoms with Crippen LogP contribution in [0, 0.1) is 0 Å². The predicted molar refractivity (Wildman–Crippen MR) is 133 cm³/mol. The zero-order valence-electron chi connectivity index (χ0n) is 18.9. The molecule has 0 aromatic heterocycles. The molecule has 3 aromatic rings. The van der Waals surface area contributed by atoms with Crippen LogP contribution < -0.4 is 14.6 Å². The number of benzene rings is 3. The summed E-state index contributed by atoms with van der Waals surface area (Å²) in [6.45, 7) is 11.2. The fraction of sp³-hybridized carbons (Fsp3) is 0.185. The topological polar surface area (TPSA) is 45.1 Å². The second-order valence-corrected chi connectivity index (χ2v) is 7.29. The first-order valence-electron chi connectivity index (χ1n) is 10.7. The Hall–Kier alpha value is -3.86. The summed E-state index contributed by atoms with van der Waals surface area (Å²) in [6.07, 6.45) is 1.72. The number of esters is 1. The maximum Gasteiger partial charge on any atom is 0.338 e. The summed E-state index contributed by atoms with van der Waals surface area (Å²) in [4.78, 5) is 14.5. The van der Waals surface area contributed by atoms with E-state index in [9.17, 15) is 4.79 Å². The summed E-state index contributed by atoms with van der Waals surface area (Å²) in [5.74, 6) is -0.00783. The quantitative estimate of drug-likeness (QED) is 0.134. The Bertz CT molecular complexity index is 1040. The van der Waals surface area contributed by atoms with Crippen LogP contribution >= 0.6 is 0 Å². The van der Waals surface area contributed by atoms with Crippen LogP contribution in [0.3, 0.4) is 0 Å². The van der Waals surface area contributed by atoms with Crippen molar-refractivity contribution in [3.63, 3.8) is 0 Å². The minimum absolute atomic E-state index is 0.344. The van der Waals surface area contributed by atoms with Crippen molar-refractivity contribution in [3.8, 4) is 5.75 Å². The van der Waals surface area contributed by atoms with E-state index in [1.165, 1.54) is 0 Å². The van der Waals surface area contributed by atoms with Crippen LogP contribution in [-0.2, 0) is 4.79 Å². The maximum absolute atomic E-state index is 12.3. The van der Waals surface area contributed by atoms with E-state index in [-0.39, 0.29) is 0 Å². The van der Waals surface area contributed by atoms with Gasteiger partial charge in [0.05, 0.1) is 17.6 Å². The minimum atomic E-state index is -0.459. The minimum Gasteiger partial charge on any atom is -0.422 e. The predicted octanol–water partition coefficient (Wildman–Crippen LogP) is 6.19. The van der Waals surface area contributed by atoms with Crippen molar-refractivity contribution in [3.05, 3.63) is 96.6 Å². The second kappa shape index (κ2) is 11.0. The number of carbonyl (C=O) groups is 1. The van der Waals surface area contributed by atoms with Gasteiger partial charge in [0, 0.05) is 36.0 Å². The van der Waals surface area contributed by atoms with Gasteiger partial charge >= 0.3 is 5.97 Å². The lowest BCUT2D eigenvalue weighted by Gasteiger charge is -2.22. The highest BCUT2D eigenvalue weighted by Gasteiger charge is 2.13. The van der Waals surface area contributed by atoms with Crippen molar-refractivity contribution in [1.82, 2.24) is 0 Å². The molecule has 0 bridgehead atoms. The summed E-state index contributed by atoms with van der Waals surface area (Å²) in [5, 5.41) is 6.59. The van der Waals surface area contributed by atoms with Crippen LogP contribution in [0.2, 0.25) is 0 Å². The zero-order valence-corrected chi connectivity index (χ0v) is 18.9. The summed E-state index contributed by atoms with van der Waals surface area (Å²) in [6, 6.07) is 25.6. The highest BCUT2D eigenvalue weighted by atomic mass is 16.5. The van der Waals surface area contributed by atoms with Gasteiger partial charge in [0.2, 0.25) is 0 Å². The molecule has 0 saturated carbocycles.